The molecule has 0 aromatic heterocycles. The average Bonchev–Trinajstić information content (AvgIpc) is 2.76. The van der Waals surface area contributed by atoms with Crippen LogP contribution in [-0.4, -0.2) is 23.6 Å². The second-order valence-electron chi connectivity index (χ2n) is 7.86. The minimum Gasteiger partial charge on any atom is -0.303 e. The Bertz CT molecular complexity index is 551. The number of fused-ring (bicyclic) bond motifs is 3. The monoisotopic (exact) mass is 304 g/mol. The molecule has 0 bridgehead atoms. The summed E-state index contributed by atoms with van der Waals surface area (Å²) in [6, 6.07) is 0. The molecule has 0 amide bonds. The summed E-state index contributed by atoms with van der Waals surface area (Å²) < 4.78 is 0. The third-order valence-electron chi connectivity index (χ3n) is 6.78. The molecular weight excluding hydrogens is 280 g/mol. The smallest absolute Gasteiger partial charge is 0.139 e. The molecular formula is C18H24O4. The lowest BCUT2D eigenvalue weighted by Crippen LogP contribution is -2.56. The van der Waals surface area contributed by atoms with E-state index in [9.17, 15) is 19.2 Å². The van der Waals surface area contributed by atoms with Crippen molar-refractivity contribution in [2.75, 3.05) is 0 Å². The molecule has 3 rings (SSSR count). The Hall–Kier alpha value is -1.32. The van der Waals surface area contributed by atoms with Crippen molar-refractivity contribution < 1.29 is 19.2 Å². The molecule has 0 saturated heterocycles. The zero-order valence-corrected chi connectivity index (χ0v) is 13.4. The molecule has 0 N–H and O–H groups in total. The Morgan fingerprint density at radius 2 is 1.77 bits per heavy atom. The van der Waals surface area contributed by atoms with Crippen LogP contribution in [0.5, 0.6) is 0 Å². The van der Waals surface area contributed by atoms with Crippen molar-refractivity contribution >= 4 is 23.6 Å². The summed E-state index contributed by atoms with van der Waals surface area (Å²) in [5, 5.41) is 0. The van der Waals surface area contributed by atoms with E-state index in [4.69, 9.17) is 0 Å². The van der Waals surface area contributed by atoms with E-state index in [0.29, 0.717) is 25.7 Å². The summed E-state index contributed by atoms with van der Waals surface area (Å²) in [5.41, 5.74) is -1.22. The molecule has 120 valence electrons. The second-order valence-corrected chi connectivity index (χ2v) is 7.86. The predicted octanol–water partition coefficient (Wildman–Crippen LogP) is 2.53. The lowest BCUT2D eigenvalue weighted by atomic mass is 9.49. The fourth-order valence-corrected chi connectivity index (χ4v) is 5.56. The number of carbonyl (C=O) groups excluding carboxylic acids is 4. The van der Waals surface area contributed by atoms with Crippen molar-refractivity contribution in [3.8, 4) is 0 Å². The minimum absolute atomic E-state index is 0.0699. The van der Waals surface area contributed by atoms with Gasteiger partial charge >= 0.3 is 0 Å². The van der Waals surface area contributed by atoms with Gasteiger partial charge in [0.2, 0.25) is 0 Å². The largest absolute Gasteiger partial charge is 0.303 e. The van der Waals surface area contributed by atoms with Crippen LogP contribution in [0.25, 0.3) is 0 Å². The Labute approximate surface area is 131 Å². The van der Waals surface area contributed by atoms with Gasteiger partial charge in [0.15, 0.2) is 0 Å². The molecule has 3 fully saturated rings. The molecule has 4 heteroatoms. The molecule has 4 nitrogen and oxygen atoms in total. The Morgan fingerprint density at radius 1 is 1.09 bits per heavy atom. The summed E-state index contributed by atoms with van der Waals surface area (Å²) in [7, 11) is 0. The number of hydrogen-bond donors (Lipinski definition) is 0. The summed E-state index contributed by atoms with van der Waals surface area (Å²) >= 11 is 0. The van der Waals surface area contributed by atoms with Crippen LogP contribution in [0.2, 0.25) is 0 Å². The van der Waals surface area contributed by atoms with Crippen molar-refractivity contribution in [2.45, 2.75) is 58.8 Å². The molecule has 0 aromatic rings. The normalized spacial score (nSPS) is 44.6. The van der Waals surface area contributed by atoms with Crippen molar-refractivity contribution in [1.29, 1.82) is 0 Å². The number of Topliss-reactive ketones (excluding diaryl/α,β-unsaturated/α-hetero) is 3. The average molecular weight is 304 g/mol. The number of carbonyl (C=O) groups is 4. The standard InChI is InChI=1S/C18H24O4/c1-17(8-3-9-19)14(21)6-4-11-12-5-7-15(22)18(12,2)10-13(20)16(11)17/h9,11-12,16H,3-8,10H2,1-2H3/t11?,12?,16?,17-,18?/m0/s1. The fraction of sp³-hybridized carbons (Fsp3) is 0.778. The van der Waals surface area contributed by atoms with E-state index in [2.05, 4.69) is 0 Å². The van der Waals surface area contributed by atoms with Gasteiger partial charge in [0.25, 0.3) is 0 Å². The summed E-state index contributed by atoms with van der Waals surface area (Å²) in [5.74, 6) is 0.476. The number of hydrogen-bond acceptors (Lipinski definition) is 4. The molecule has 4 unspecified atom stereocenters. The van der Waals surface area contributed by atoms with E-state index >= 15 is 0 Å². The Balaban J connectivity index is 1.99. The molecule has 0 aliphatic heterocycles. The highest BCUT2D eigenvalue weighted by molar-refractivity contribution is 5.99. The van der Waals surface area contributed by atoms with Gasteiger partial charge in [-0.2, -0.15) is 0 Å². The van der Waals surface area contributed by atoms with E-state index in [1.54, 1.807) is 0 Å². The highest BCUT2D eigenvalue weighted by Crippen LogP contribution is 2.60. The lowest BCUT2D eigenvalue weighted by molar-refractivity contribution is -0.160. The first-order valence-electron chi connectivity index (χ1n) is 8.37. The summed E-state index contributed by atoms with van der Waals surface area (Å²) in [4.78, 5) is 48.4. The van der Waals surface area contributed by atoms with Crippen LogP contribution in [0.1, 0.15) is 58.8 Å². The maximum Gasteiger partial charge on any atom is 0.139 e. The van der Waals surface area contributed by atoms with Gasteiger partial charge in [0.1, 0.15) is 23.6 Å². The van der Waals surface area contributed by atoms with Crippen LogP contribution in [0.4, 0.5) is 0 Å². The minimum atomic E-state index is -0.714. The van der Waals surface area contributed by atoms with Crippen LogP contribution >= 0.6 is 0 Å². The SMILES string of the molecule is CC12CC(=O)C3C(CCC(=O)[C@]3(C)CCC=O)C1CCC2=O. The van der Waals surface area contributed by atoms with E-state index in [1.165, 1.54) is 0 Å². The van der Waals surface area contributed by atoms with Gasteiger partial charge in [-0.15, -0.1) is 0 Å². The molecule has 5 atom stereocenters. The van der Waals surface area contributed by atoms with Crippen LogP contribution in [0, 0.1) is 28.6 Å². The van der Waals surface area contributed by atoms with Gasteiger partial charge in [-0.25, -0.2) is 0 Å². The van der Waals surface area contributed by atoms with Crippen LogP contribution in [0.15, 0.2) is 0 Å². The highest BCUT2D eigenvalue weighted by atomic mass is 16.1. The zero-order valence-electron chi connectivity index (χ0n) is 13.4. The third-order valence-corrected chi connectivity index (χ3v) is 6.78. The van der Waals surface area contributed by atoms with Crippen molar-refractivity contribution in [2.24, 2.45) is 28.6 Å². The van der Waals surface area contributed by atoms with E-state index < -0.39 is 10.8 Å². The quantitative estimate of drug-likeness (QED) is 0.751. The molecule has 0 heterocycles. The first-order valence-corrected chi connectivity index (χ1v) is 8.37. The van der Waals surface area contributed by atoms with Gasteiger partial charge in [-0.05, 0) is 31.1 Å². The van der Waals surface area contributed by atoms with Crippen LogP contribution in [-0.2, 0) is 19.2 Å². The fourth-order valence-electron chi connectivity index (χ4n) is 5.56. The van der Waals surface area contributed by atoms with Crippen molar-refractivity contribution in [3.05, 3.63) is 0 Å². The predicted molar refractivity (Wildman–Crippen MR) is 80.1 cm³/mol. The topological polar surface area (TPSA) is 68.3 Å². The molecule has 3 saturated carbocycles. The van der Waals surface area contributed by atoms with Gasteiger partial charge in [-0.3, -0.25) is 14.4 Å². The van der Waals surface area contributed by atoms with Crippen LogP contribution in [0.3, 0.4) is 0 Å². The van der Waals surface area contributed by atoms with Gasteiger partial charge in [-0.1, -0.05) is 13.8 Å². The molecule has 3 aliphatic rings. The third kappa shape index (κ3) is 1.95. The molecule has 0 spiro atoms. The first kappa shape index (κ1) is 15.6. The van der Waals surface area contributed by atoms with Gasteiger partial charge < -0.3 is 4.79 Å². The maximum atomic E-state index is 12.9. The number of ketones is 3. The summed E-state index contributed by atoms with van der Waals surface area (Å²) in [6.45, 7) is 3.81. The van der Waals surface area contributed by atoms with Crippen LogP contribution < -0.4 is 0 Å². The highest BCUT2D eigenvalue weighted by Gasteiger charge is 2.62. The van der Waals surface area contributed by atoms with Gasteiger partial charge in [0.05, 0.1) is 0 Å². The van der Waals surface area contributed by atoms with Crippen molar-refractivity contribution in [3.63, 3.8) is 0 Å². The maximum absolute atomic E-state index is 12.9. The van der Waals surface area contributed by atoms with E-state index in [0.717, 1.165) is 19.1 Å². The molecule has 0 aromatic carbocycles. The van der Waals surface area contributed by atoms with Gasteiger partial charge in [0, 0.05) is 42.4 Å². The van der Waals surface area contributed by atoms with Crippen molar-refractivity contribution in [1.82, 2.24) is 0 Å². The number of rotatable bonds is 3. The lowest BCUT2D eigenvalue weighted by Gasteiger charge is -2.52. The van der Waals surface area contributed by atoms with E-state index in [-0.39, 0.29) is 41.5 Å². The zero-order chi connectivity index (χ0) is 16.1. The molecule has 0 radical (unpaired) electrons. The Kier molecular flexibility index (Phi) is 3.61. The van der Waals surface area contributed by atoms with E-state index in [1.807, 2.05) is 13.8 Å². The molecule has 22 heavy (non-hydrogen) atoms. The first-order chi connectivity index (χ1) is 10.3. The molecule has 3 aliphatic carbocycles. The summed E-state index contributed by atoms with van der Waals surface area (Å²) in [6.07, 6.45) is 4.50. The second kappa shape index (κ2) is 5.10. The Morgan fingerprint density at radius 3 is 2.45 bits per heavy atom. The number of aldehydes is 1.